The number of amides is 1. The summed E-state index contributed by atoms with van der Waals surface area (Å²) >= 11 is 0. The largest absolute Gasteiger partial charge is 0.392 e. The molecule has 5 rings (SSSR count). The van der Waals surface area contributed by atoms with Gasteiger partial charge >= 0.3 is 0 Å². The number of aliphatic hydroxyl groups is 2. The molecule has 2 saturated carbocycles. The van der Waals surface area contributed by atoms with Crippen LogP contribution in [0.3, 0.4) is 0 Å². The van der Waals surface area contributed by atoms with Gasteiger partial charge in [0.15, 0.2) is 0 Å². The molecule has 4 N–H and O–H groups in total. The van der Waals surface area contributed by atoms with E-state index >= 15 is 0 Å². The third kappa shape index (κ3) is 3.41. The van der Waals surface area contributed by atoms with Crippen molar-refractivity contribution in [1.82, 2.24) is 0 Å². The van der Waals surface area contributed by atoms with E-state index in [1.807, 2.05) is 18.2 Å². The van der Waals surface area contributed by atoms with Gasteiger partial charge in [-0.25, -0.2) is 0 Å². The van der Waals surface area contributed by atoms with Crippen LogP contribution in [0.15, 0.2) is 42.5 Å². The van der Waals surface area contributed by atoms with Gasteiger partial charge in [0.2, 0.25) is 5.91 Å². The molecule has 0 aromatic heterocycles. The molecule has 0 saturated heterocycles. The first-order valence-corrected chi connectivity index (χ1v) is 11.7. The van der Waals surface area contributed by atoms with Crippen molar-refractivity contribution in [3.63, 3.8) is 0 Å². The van der Waals surface area contributed by atoms with E-state index in [9.17, 15) is 15.0 Å². The van der Waals surface area contributed by atoms with Crippen molar-refractivity contribution < 1.29 is 15.0 Å². The van der Waals surface area contributed by atoms with Crippen LogP contribution in [0.25, 0.3) is 0 Å². The summed E-state index contributed by atoms with van der Waals surface area (Å²) in [5.41, 5.74) is 11.0. The van der Waals surface area contributed by atoms with E-state index in [1.54, 1.807) is 6.07 Å². The number of primary amides is 1. The van der Waals surface area contributed by atoms with Crippen LogP contribution in [0.2, 0.25) is 0 Å². The van der Waals surface area contributed by atoms with E-state index in [4.69, 9.17) is 5.73 Å². The van der Waals surface area contributed by atoms with Crippen molar-refractivity contribution in [2.45, 2.75) is 64.1 Å². The van der Waals surface area contributed by atoms with Crippen molar-refractivity contribution in [3.05, 3.63) is 70.3 Å². The lowest BCUT2D eigenvalue weighted by atomic mass is 9.55. The van der Waals surface area contributed by atoms with E-state index in [2.05, 4.69) is 25.1 Å². The van der Waals surface area contributed by atoms with Gasteiger partial charge in [-0.2, -0.15) is 0 Å². The minimum absolute atomic E-state index is 0.0321. The van der Waals surface area contributed by atoms with Crippen LogP contribution >= 0.6 is 0 Å². The first kappa shape index (κ1) is 20.7. The van der Waals surface area contributed by atoms with Crippen molar-refractivity contribution >= 4 is 5.91 Å². The van der Waals surface area contributed by atoms with Crippen molar-refractivity contribution in [2.24, 2.45) is 28.9 Å². The molecule has 0 radical (unpaired) electrons. The molecule has 3 aliphatic carbocycles. The molecule has 164 valence electrons. The topological polar surface area (TPSA) is 83.5 Å². The van der Waals surface area contributed by atoms with Crippen molar-refractivity contribution in [2.75, 3.05) is 0 Å². The summed E-state index contributed by atoms with van der Waals surface area (Å²) in [6.45, 7) is 2.41. The maximum absolute atomic E-state index is 11.6. The lowest BCUT2D eigenvalue weighted by molar-refractivity contribution is -0.0325. The first-order valence-electron chi connectivity index (χ1n) is 11.7. The van der Waals surface area contributed by atoms with Crippen LogP contribution in [0.4, 0.5) is 0 Å². The summed E-state index contributed by atoms with van der Waals surface area (Å²) in [7, 11) is 0. The SMILES string of the molecule is C[C@]12CC[C@@H]3c4ccc(CO)cc4CC[C@H]3[C@@H]1CC(Cc1cccc(C(N)=O)c1)[C@@H]2O. The Balaban J connectivity index is 1.39. The van der Waals surface area contributed by atoms with Gasteiger partial charge < -0.3 is 15.9 Å². The summed E-state index contributed by atoms with van der Waals surface area (Å²) in [5.74, 6) is 1.52. The number of hydrogen-bond acceptors (Lipinski definition) is 3. The number of carbonyl (C=O) groups is 1. The second kappa shape index (κ2) is 7.75. The average Bonchev–Trinajstić information content (AvgIpc) is 3.03. The van der Waals surface area contributed by atoms with Gasteiger partial charge in [0.05, 0.1) is 12.7 Å². The molecule has 2 aromatic rings. The number of carbonyl (C=O) groups excluding carboxylic acids is 1. The molecule has 2 aromatic carbocycles. The second-order valence-electron chi connectivity index (χ2n) is 10.4. The number of rotatable bonds is 4. The molecule has 0 aliphatic heterocycles. The molecule has 1 amide bonds. The molecule has 3 aliphatic rings. The van der Waals surface area contributed by atoms with Gasteiger partial charge in [0, 0.05) is 5.56 Å². The van der Waals surface area contributed by atoms with Gasteiger partial charge in [0.25, 0.3) is 0 Å². The fourth-order valence-corrected chi connectivity index (χ4v) is 7.24. The Morgan fingerprint density at radius 3 is 2.77 bits per heavy atom. The number of aryl methyl sites for hydroxylation is 1. The monoisotopic (exact) mass is 419 g/mol. The molecule has 0 heterocycles. The smallest absolute Gasteiger partial charge is 0.248 e. The molecule has 31 heavy (non-hydrogen) atoms. The molecule has 0 bridgehead atoms. The highest BCUT2D eigenvalue weighted by Gasteiger charge is 2.57. The number of nitrogens with two attached hydrogens (primary N) is 1. The first-order chi connectivity index (χ1) is 14.9. The van der Waals surface area contributed by atoms with E-state index < -0.39 is 5.91 Å². The summed E-state index contributed by atoms with van der Waals surface area (Å²) in [5, 5.41) is 20.9. The fraction of sp³-hybridized carbons (Fsp3) is 0.519. The highest BCUT2D eigenvalue weighted by atomic mass is 16.3. The maximum atomic E-state index is 11.6. The minimum atomic E-state index is -0.400. The van der Waals surface area contributed by atoms with Gasteiger partial charge in [-0.1, -0.05) is 37.3 Å². The van der Waals surface area contributed by atoms with Gasteiger partial charge in [-0.05, 0) is 102 Å². The molecular weight excluding hydrogens is 386 g/mol. The normalized spacial score (nSPS) is 34.0. The van der Waals surface area contributed by atoms with E-state index in [1.165, 1.54) is 17.5 Å². The van der Waals surface area contributed by atoms with Gasteiger partial charge in [0.1, 0.15) is 0 Å². The van der Waals surface area contributed by atoms with Crippen LogP contribution in [0.5, 0.6) is 0 Å². The number of benzene rings is 2. The minimum Gasteiger partial charge on any atom is -0.392 e. The average molecular weight is 420 g/mol. The standard InChI is InChI=1S/C27H33NO3/c1-27-10-9-22-21-7-5-17(15-29)13-18(21)6-8-23(22)24(27)14-20(25(27)30)12-16-3-2-4-19(11-16)26(28)31/h2-5,7,11,13,20,22-25,29-30H,6,8-10,12,14-15H2,1H3,(H2,28,31)/t20?,22-,23-,24+,25+,27+/m1/s1. The molecule has 2 fully saturated rings. The van der Waals surface area contributed by atoms with Crippen LogP contribution in [-0.2, 0) is 19.4 Å². The third-order valence-corrected chi connectivity index (χ3v) is 8.80. The van der Waals surface area contributed by atoms with Crippen molar-refractivity contribution in [3.8, 4) is 0 Å². The van der Waals surface area contributed by atoms with E-state index in [0.29, 0.717) is 23.3 Å². The molecule has 4 heteroatoms. The Morgan fingerprint density at radius 2 is 2.00 bits per heavy atom. The second-order valence-corrected chi connectivity index (χ2v) is 10.4. The van der Waals surface area contributed by atoms with Crippen LogP contribution in [-0.4, -0.2) is 22.2 Å². The number of aliphatic hydroxyl groups excluding tert-OH is 2. The van der Waals surface area contributed by atoms with Gasteiger partial charge in [-0.15, -0.1) is 0 Å². The summed E-state index contributed by atoms with van der Waals surface area (Å²) in [6.07, 6.45) is 5.95. The molecule has 4 nitrogen and oxygen atoms in total. The number of hydrogen-bond donors (Lipinski definition) is 3. The lowest BCUT2D eigenvalue weighted by Crippen LogP contribution is -2.44. The van der Waals surface area contributed by atoms with E-state index in [-0.39, 0.29) is 24.0 Å². The highest BCUT2D eigenvalue weighted by molar-refractivity contribution is 5.92. The van der Waals surface area contributed by atoms with Crippen molar-refractivity contribution in [1.29, 1.82) is 0 Å². The Kier molecular flexibility index (Phi) is 5.18. The lowest BCUT2D eigenvalue weighted by Gasteiger charge is -2.50. The molecule has 6 atom stereocenters. The third-order valence-electron chi connectivity index (χ3n) is 8.80. The Labute approximate surface area is 184 Å². The molecular formula is C27H33NO3. The predicted octanol–water partition coefficient (Wildman–Crippen LogP) is 3.96. The fourth-order valence-electron chi connectivity index (χ4n) is 7.24. The zero-order valence-electron chi connectivity index (χ0n) is 18.3. The Bertz CT molecular complexity index is 1000. The van der Waals surface area contributed by atoms with E-state index in [0.717, 1.165) is 43.2 Å². The van der Waals surface area contributed by atoms with Crippen LogP contribution in [0.1, 0.15) is 71.1 Å². The zero-order valence-corrected chi connectivity index (χ0v) is 18.3. The summed E-state index contributed by atoms with van der Waals surface area (Å²) < 4.78 is 0. The zero-order chi connectivity index (χ0) is 21.8. The summed E-state index contributed by atoms with van der Waals surface area (Å²) in [4.78, 5) is 11.6. The molecule has 1 unspecified atom stereocenters. The van der Waals surface area contributed by atoms with Crippen LogP contribution < -0.4 is 5.73 Å². The molecule has 0 spiro atoms. The summed E-state index contributed by atoms with van der Waals surface area (Å²) in [6, 6.07) is 14.1. The van der Waals surface area contributed by atoms with Gasteiger partial charge in [-0.3, -0.25) is 4.79 Å². The predicted molar refractivity (Wildman–Crippen MR) is 121 cm³/mol. The van der Waals surface area contributed by atoms with Crippen LogP contribution in [0, 0.1) is 23.2 Å². The Morgan fingerprint density at radius 1 is 1.16 bits per heavy atom. The maximum Gasteiger partial charge on any atom is 0.248 e. The highest BCUT2D eigenvalue weighted by Crippen LogP contribution is 2.62. The number of fused-ring (bicyclic) bond motifs is 5. The quantitative estimate of drug-likeness (QED) is 0.701. The Hall–Kier alpha value is -2.17.